The minimum Gasteiger partial charge on any atom is -0.493 e. The van der Waals surface area contributed by atoms with Gasteiger partial charge in [-0.2, -0.15) is 8.42 Å². The lowest BCUT2D eigenvalue weighted by molar-refractivity contribution is -0.659. The van der Waals surface area contributed by atoms with Gasteiger partial charge in [0.1, 0.15) is 7.05 Å². The van der Waals surface area contributed by atoms with Crippen molar-refractivity contribution in [1.82, 2.24) is 0 Å². The van der Waals surface area contributed by atoms with Crippen LogP contribution in [0.25, 0.3) is 22.0 Å². The topological polar surface area (TPSA) is 74.9 Å². The fourth-order valence-electron chi connectivity index (χ4n) is 3.95. The zero-order valence-corrected chi connectivity index (χ0v) is 17.7. The Hall–Kier alpha value is -3.00. The van der Waals surface area contributed by atoms with Crippen LogP contribution in [0, 0.1) is 0 Å². The first-order valence-electron chi connectivity index (χ1n) is 8.93. The largest absolute Gasteiger partial charge is 0.493 e. The van der Waals surface area contributed by atoms with Crippen molar-refractivity contribution in [2.24, 2.45) is 7.05 Å². The summed E-state index contributed by atoms with van der Waals surface area (Å²) in [7, 11) is 3.03. The van der Waals surface area contributed by atoms with Crippen molar-refractivity contribution in [3.05, 3.63) is 41.6 Å². The zero-order valence-electron chi connectivity index (χ0n) is 16.9. The second-order valence-electron chi connectivity index (χ2n) is 6.99. The number of benzene rings is 2. The molecule has 0 amide bonds. The quantitative estimate of drug-likeness (QED) is 0.368. The highest BCUT2D eigenvalue weighted by atomic mass is 32.2. The molecule has 1 aromatic heterocycles. The summed E-state index contributed by atoms with van der Waals surface area (Å²) in [6.07, 6.45) is 3.69. The third kappa shape index (κ3) is 3.23. The van der Waals surface area contributed by atoms with Gasteiger partial charge >= 0.3 is 10.1 Å². The molecule has 2 aromatic carbocycles. The molecule has 0 spiro atoms. The van der Waals surface area contributed by atoms with E-state index in [1.807, 2.05) is 31.4 Å². The molecule has 3 aromatic rings. The molecular weight excluding hydrogens is 394 g/mol. The predicted octanol–water partition coefficient (Wildman–Crippen LogP) is 2.60. The van der Waals surface area contributed by atoms with Gasteiger partial charge in [-0.15, -0.1) is 0 Å². The normalized spacial score (nSPS) is 12.4. The lowest BCUT2D eigenvalue weighted by atomic mass is 10.0. The van der Waals surface area contributed by atoms with Crippen LogP contribution in [-0.2, 0) is 23.6 Å². The lowest BCUT2D eigenvalue weighted by Crippen LogP contribution is -2.31. The minimum absolute atomic E-state index is 0.188. The Balaban J connectivity index is 1.95. The van der Waals surface area contributed by atoms with Crippen LogP contribution in [0.1, 0.15) is 11.1 Å². The summed E-state index contributed by atoms with van der Waals surface area (Å²) >= 11 is 0. The van der Waals surface area contributed by atoms with Crippen LogP contribution in [0.4, 0.5) is 0 Å². The number of aryl methyl sites for hydroxylation is 1. The smallest absolute Gasteiger partial charge is 0.306 e. The van der Waals surface area contributed by atoms with E-state index >= 15 is 0 Å². The number of ether oxygens (including phenoxy) is 3. The summed E-state index contributed by atoms with van der Waals surface area (Å²) in [5.74, 6) is 1.88. The zero-order chi connectivity index (χ0) is 20.9. The fourth-order valence-corrected chi connectivity index (χ4v) is 4.41. The van der Waals surface area contributed by atoms with Gasteiger partial charge in [-0.3, -0.25) is 0 Å². The average Bonchev–Trinajstić information content (AvgIpc) is 3.04. The first-order chi connectivity index (χ1) is 13.8. The molecule has 0 radical (unpaired) electrons. The maximum absolute atomic E-state index is 11.6. The molecule has 0 aliphatic heterocycles. The van der Waals surface area contributed by atoms with Gasteiger partial charge in [0, 0.05) is 22.8 Å². The second kappa shape index (κ2) is 6.81. The number of nitrogens with zero attached hydrogens (tertiary/aromatic N) is 1. The van der Waals surface area contributed by atoms with E-state index in [2.05, 4.69) is 4.57 Å². The van der Waals surface area contributed by atoms with Crippen molar-refractivity contribution >= 4 is 20.9 Å². The van der Waals surface area contributed by atoms with E-state index in [-0.39, 0.29) is 5.75 Å². The Morgan fingerprint density at radius 2 is 1.52 bits per heavy atom. The maximum Gasteiger partial charge on any atom is 0.306 e. The summed E-state index contributed by atoms with van der Waals surface area (Å²) in [6, 6.07) is 7.50. The molecule has 0 saturated carbocycles. The van der Waals surface area contributed by atoms with Crippen molar-refractivity contribution in [1.29, 1.82) is 0 Å². The molecular formula is C21H22NO6S+. The molecule has 8 heteroatoms. The number of hydrogen-bond acceptors (Lipinski definition) is 6. The summed E-state index contributed by atoms with van der Waals surface area (Å²) in [4.78, 5) is 0. The van der Waals surface area contributed by atoms with Crippen molar-refractivity contribution in [3.8, 4) is 34.3 Å². The monoisotopic (exact) mass is 416 g/mol. The number of fused-ring (bicyclic) bond motifs is 5. The number of rotatable bonds is 5. The van der Waals surface area contributed by atoms with Gasteiger partial charge in [-0.25, -0.2) is 4.57 Å². The predicted molar refractivity (Wildman–Crippen MR) is 108 cm³/mol. The Labute approximate surface area is 169 Å². The molecule has 0 atom stereocenters. The van der Waals surface area contributed by atoms with E-state index in [0.717, 1.165) is 39.4 Å². The molecule has 4 rings (SSSR count). The van der Waals surface area contributed by atoms with Gasteiger partial charge in [0.15, 0.2) is 29.2 Å². The lowest BCUT2D eigenvalue weighted by Gasteiger charge is -2.11. The van der Waals surface area contributed by atoms with Crippen LogP contribution in [0.5, 0.6) is 23.0 Å². The SMILES string of the molecule is COc1cc2c[n+](C)c3c(c2cc1OC)Cc1cc(OS(C)(=O)=O)c(OC)cc1-3. The van der Waals surface area contributed by atoms with Gasteiger partial charge in [0.25, 0.3) is 0 Å². The highest BCUT2D eigenvalue weighted by Crippen LogP contribution is 2.45. The molecule has 1 aliphatic rings. The third-order valence-corrected chi connectivity index (χ3v) is 5.59. The number of aromatic nitrogens is 1. The van der Waals surface area contributed by atoms with E-state index < -0.39 is 10.1 Å². The van der Waals surface area contributed by atoms with Crippen LogP contribution in [0.2, 0.25) is 0 Å². The summed E-state index contributed by atoms with van der Waals surface area (Å²) in [5.41, 5.74) is 4.12. The van der Waals surface area contributed by atoms with Crippen LogP contribution in [-0.4, -0.2) is 36.0 Å². The van der Waals surface area contributed by atoms with Crippen LogP contribution < -0.4 is 23.0 Å². The molecule has 29 heavy (non-hydrogen) atoms. The fraction of sp³-hybridized carbons (Fsp3) is 0.286. The highest BCUT2D eigenvalue weighted by Gasteiger charge is 2.32. The van der Waals surface area contributed by atoms with Crippen molar-refractivity contribution < 1.29 is 31.4 Å². The average molecular weight is 416 g/mol. The van der Waals surface area contributed by atoms with Gasteiger partial charge in [-0.1, -0.05) is 0 Å². The highest BCUT2D eigenvalue weighted by molar-refractivity contribution is 7.86. The van der Waals surface area contributed by atoms with Gasteiger partial charge < -0.3 is 18.4 Å². The van der Waals surface area contributed by atoms with Crippen LogP contribution in [0.3, 0.4) is 0 Å². The molecule has 7 nitrogen and oxygen atoms in total. The number of hydrogen-bond donors (Lipinski definition) is 0. The van der Waals surface area contributed by atoms with Crippen molar-refractivity contribution in [2.45, 2.75) is 6.42 Å². The van der Waals surface area contributed by atoms with Crippen LogP contribution in [0.15, 0.2) is 30.5 Å². The first-order valence-corrected chi connectivity index (χ1v) is 10.8. The molecule has 0 N–H and O–H groups in total. The molecule has 0 unspecified atom stereocenters. The summed E-state index contributed by atoms with van der Waals surface area (Å²) < 4.78 is 46.8. The Morgan fingerprint density at radius 3 is 2.14 bits per heavy atom. The van der Waals surface area contributed by atoms with E-state index in [9.17, 15) is 8.42 Å². The van der Waals surface area contributed by atoms with Crippen molar-refractivity contribution in [3.63, 3.8) is 0 Å². The Kier molecular flexibility index (Phi) is 4.53. The van der Waals surface area contributed by atoms with Gasteiger partial charge in [0.05, 0.1) is 33.1 Å². The Morgan fingerprint density at radius 1 is 0.897 bits per heavy atom. The first kappa shape index (κ1) is 19.3. The van der Waals surface area contributed by atoms with E-state index in [4.69, 9.17) is 18.4 Å². The van der Waals surface area contributed by atoms with E-state index in [1.165, 1.54) is 7.11 Å². The third-order valence-electron chi connectivity index (χ3n) is 5.11. The molecule has 0 saturated heterocycles. The van der Waals surface area contributed by atoms with Gasteiger partial charge in [0.2, 0.25) is 5.69 Å². The van der Waals surface area contributed by atoms with Crippen molar-refractivity contribution in [2.75, 3.05) is 27.6 Å². The van der Waals surface area contributed by atoms with Crippen LogP contribution >= 0.6 is 0 Å². The maximum atomic E-state index is 11.6. The van der Waals surface area contributed by atoms with E-state index in [0.29, 0.717) is 23.7 Å². The minimum atomic E-state index is -3.67. The Bertz CT molecular complexity index is 1250. The molecule has 0 bridgehead atoms. The molecule has 152 valence electrons. The van der Waals surface area contributed by atoms with Gasteiger partial charge in [-0.05, 0) is 29.8 Å². The molecule has 1 heterocycles. The summed E-state index contributed by atoms with van der Waals surface area (Å²) in [6.45, 7) is 0. The van der Waals surface area contributed by atoms with E-state index in [1.54, 1.807) is 20.3 Å². The molecule has 1 aliphatic carbocycles. The standard InChI is InChI=1S/C21H22NO6S/c1-22-11-13-8-17(25-2)18(26-3)9-14(13)16-6-12-7-20(28-29(5,23)24)19(27-4)10-15(12)21(16)22/h7-11H,6H2,1-5H3/q+1. The number of methoxy groups -OCH3 is 3. The second-order valence-corrected chi connectivity index (χ2v) is 8.56. The number of pyridine rings is 1. The summed E-state index contributed by atoms with van der Waals surface area (Å²) in [5, 5.41) is 2.08. The molecule has 0 fully saturated rings.